The lowest BCUT2D eigenvalue weighted by atomic mass is 10.1. The molecule has 4 aromatic carbocycles. The van der Waals surface area contributed by atoms with Gasteiger partial charge in [-0.1, -0.05) is 54.6 Å². The van der Waals surface area contributed by atoms with Crippen molar-refractivity contribution in [3.63, 3.8) is 0 Å². The van der Waals surface area contributed by atoms with Gasteiger partial charge < -0.3 is 15.1 Å². The third kappa shape index (κ3) is 6.23. The van der Waals surface area contributed by atoms with Crippen LogP contribution in [0.15, 0.2) is 107 Å². The summed E-state index contributed by atoms with van der Waals surface area (Å²) in [6.07, 6.45) is 0.772. The van der Waals surface area contributed by atoms with Crippen LogP contribution in [0.25, 0.3) is 0 Å². The van der Waals surface area contributed by atoms with E-state index in [-0.39, 0.29) is 24.2 Å². The fourth-order valence-electron chi connectivity index (χ4n) is 5.65. The van der Waals surface area contributed by atoms with E-state index in [4.69, 9.17) is 0 Å². The average Bonchev–Trinajstić information content (AvgIpc) is 3.13. The minimum Gasteiger partial charge on any atom is -0.367 e. The van der Waals surface area contributed by atoms with Gasteiger partial charge in [-0.3, -0.25) is 14.5 Å². The van der Waals surface area contributed by atoms with E-state index >= 15 is 0 Å². The number of fused-ring (bicyclic) bond motifs is 2. The molecule has 4 aromatic rings. The van der Waals surface area contributed by atoms with E-state index in [0.717, 1.165) is 44.7 Å². The maximum absolute atomic E-state index is 14.1. The average molecular weight is 597 g/mol. The first kappa shape index (κ1) is 28.8. The normalized spacial score (nSPS) is 16.8. The predicted octanol–water partition coefficient (Wildman–Crippen LogP) is 5.09. The van der Waals surface area contributed by atoms with Gasteiger partial charge in [-0.25, -0.2) is 8.60 Å². The Hall–Kier alpha value is -4.34. The maximum Gasteiger partial charge on any atom is 0.259 e. The van der Waals surface area contributed by atoms with Crippen molar-refractivity contribution in [3.05, 3.63) is 120 Å². The number of anilines is 2. The summed E-state index contributed by atoms with van der Waals surface area (Å²) in [5.41, 5.74) is 2.85. The van der Waals surface area contributed by atoms with Crippen LogP contribution in [0.1, 0.15) is 32.7 Å². The topological polar surface area (TPSA) is 73.0 Å². The summed E-state index contributed by atoms with van der Waals surface area (Å²) < 4.78 is 27.8. The van der Waals surface area contributed by atoms with E-state index < -0.39 is 10.8 Å². The van der Waals surface area contributed by atoms with Crippen molar-refractivity contribution in [1.29, 1.82) is 0 Å². The molecule has 0 saturated carbocycles. The zero-order valence-electron chi connectivity index (χ0n) is 23.7. The van der Waals surface area contributed by atoms with Crippen molar-refractivity contribution < 1.29 is 18.2 Å². The van der Waals surface area contributed by atoms with Crippen LogP contribution in [0, 0.1) is 5.82 Å². The molecule has 43 heavy (non-hydrogen) atoms. The Morgan fingerprint density at radius 2 is 1.53 bits per heavy atom. The van der Waals surface area contributed by atoms with Crippen LogP contribution in [0.2, 0.25) is 0 Å². The SMILES string of the molecule is O=C(NCCCN1CCN(c2ccccc2F)CC1)c1ccc2c(c1)N(Cc1ccccc1)C(=O)c1ccccc1[S@@]2=O. The summed E-state index contributed by atoms with van der Waals surface area (Å²) in [5, 5.41) is 3.00. The Kier molecular flexibility index (Phi) is 8.62. The first-order chi connectivity index (χ1) is 21.0. The quantitative estimate of drug-likeness (QED) is 0.287. The van der Waals surface area contributed by atoms with Crippen LogP contribution in [-0.4, -0.2) is 60.2 Å². The van der Waals surface area contributed by atoms with Crippen molar-refractivity contribution in [3.8, 4) is 0 Å². The van der Waals surface area contributed by atoms with Crippen molar-refractivity contribution in [1.82, 2.24) is 10.2 Å². The molecule has 0 spiro atoms. The van der Waals surface area contributed by atoms with Crippen LogP contribution in [0.4, 0.5) is 15.8 Å². The highest BCUT2D eigenvalue weighted by Crippen LogP contribution is 2.36. The number of nitrogens with one attached hydrogen (secondary N) is 1. The Morgan fingerprint density at radius 3 is 2.33 bits per heavy atom. The summed E-state index contributed by atoms with van der Waals surface area (Å²) in [6.45, 7) is 4.78. The molecule has 0 unspecified atom stereocenters. The smallest absolute Gasteiger partial charge is 0.259 e. The molecule has 7 nitrogen and oxygen atoms in total. The second-order valence-electron chi connectivity index (χ2n) is 10.7. The molecule has 2 aliphatic heterocycles. The van der Waals surface area contributed by atoms with Gasteiger partial charge >= 0.3 is 0 Å². The van der Waals surface area contributed by atoms with Crippen LogP contribution in [0.3, 0.4) is 0 Å². The number of carbonyl (C=O) groups is 2. The highest BCUT2D eigenvalue weighted by Gasteiger charge is 2.31. The molecule has 0 aromatic heterocycles. The summed E-state index contributed by atoms with van der Waals surface area (Å²) >= 11 is 0. The van der Waals surface area contributed by atoms with Gasteiger partial charge in [0.2, 0.25) is 0 Å². The number of halogens is 1. The molecular formula is C34H33FN4O3S. The van der Waals surface area contributed by atoms with Gasteiger partial charge in [0.1, 0.15) is 5.82 Å². The zero-order chi connectivity index (χ0) is 29.8. The molecule has 0 radical (unpaired) electrons. The molecule has 1 fully saturated rings. The van der Waals surface area contributed by atoms with Crippen LogP contribution in [0.5, 0.6) is 0 Å². The molecule has 9 heteroatoms. The van der Waals surface area contributed by atoms with E-state index in [1.54, 1.807) is 53.4 Å². The fourth-order valence-corrected chi connectivity index (χ4v) is 7.00. The Balaban J connectivity index is 1.11. The summed E-state index contributed by atoms with van der Waals surface area (Å²) in [7, 11) is -1.58. The van der Waals surface area contributed by atoms with Crippen LogP contribution in [-0.2, 0) is 17.3 Å². The predicted molar refractivity (Wildman–Crippen MR) is 167 cm³/mol. The Morgan fingerprint density at radius 1 is 0.814 bits per heavy atom. The van der Waals surface area contributed by atoms with Crippen molar-refractivity contribution in [2.45, 2.75) is 22.8 Å². The molecule has 0 aliphatic carbocycles. The van der Waals surface area contributed by atoms with Gasteiger partial charge in [-0.15, -0.1) is 0 Å². The highest BCUT2D eigenvalue weighted by molar-refractivity contribution is 7.85. The third-order valence-electron chi connectivity index (χ3n) is 7.96. The van der Waals surface area contributed by atoms with Crippen LogP contribution >= 0.6 is 0 Å². The fraction of sp³-hybridized carbons (Fsp3) is 0.235. The molecule has 220 valence electrons. The van der Waals surface area contributed by atoms with Crippen molar-refractivity contribution in [2.24, 2.45) is 0 Å². The molecule has 2 heterocycles. The van der Waals surface area contributed by atoms with E-state index in [2.05, 4.69) is 15.1 Å². The van der Waals surface area contributed by atoms with Gasteiger partial charge in [0, 0.05) is 38.3 Å². The number of piperazine rings is 1. The zero-order valence-corrected chi connectivity index (χ0v) is 24.6. The molecule has 1 N–H and O–H groups in total. The maximum atomic E-state index is 14.1. The lowest BCUT2D eigenvalue weighted by molar-refractivity contribution is 0.0948. The van der Waals surface area contributed by atoms with E-state index in [9.17, 15) is 18.2 Å². The molecule has 6 rings (SSSR count). The second-order valence-corrected chi connectivity index (χ2v) is 12.1. The standard InChI is InChI=1S/C34H33FN4O3S/c35-28-12-5-6-13-29(28)38-21-19-37(20-22-38)18-8-17-36-33(40)26-15-16-32-30(23-26)39(24-25-9-2-1-3-10-25)34(41)27-11-4-7-14-31(27)43(32)42/h1-7,9-16,23H,8,17-22,24H2,(H,36,40)/t43-/m0/s1. The van der Waals surface area contributed by atoms with E-state index in [0.29, 0.717) is 38.8 Å². The first-order valence-electron chi connectivity index (χ1n) is 14.5. The molecule has 2 amide bonds. The number of rotatable bonds is 8. The number of carbonyl (C=O) groups excluding carboxylic acids is 2. The van der Waals surface area contributed by atoms with Gasteiger partial charge in [-0.05, 0) is 61.0 Å². The second kappa shape index (κ2) is 12.9. The summed E-state index contributed by atoms with van der Waals surface area (Å²) in [5.74, 6) is -0.689. The van der Waals surface area contributed by atoms with Crippen molar-refractivity contribution >= 4 is 34.0 Å². The number of nitrogens with zero attached hydrogens (tertiary/aromatic N) is 3. The van der Waals surface area contributed by atoms with E-state index in [1.807, 2.05) is 42.5 Å². The minimum atomic E-state index is -1.58. The molecule has 0 bridgehead atoms. The van der Waals surface area contributed by atoms with Gasteiger partial charge in [0.05, 0.1) is 44.1 Å². The minimum absolute atomic E-state index is 0.195. The lowest BCUT2D eigenvalue weighted by Gasteiger charge is -2.36. The first-order valence-corrected chi connectivity index (χ1v) is 15.7. The number of hydrogen-bond acceptors (Lipinski definition) is 5. The van der Waals surface area contributed by atoms with Gasteiger partial charge in [0.15, 0.2) is 0 Å². The summed E-state index contributed by atoms with van der Waals surface area (Å²) in [4.78, 5) is 34.0. The molecular weight excluding hydrogens is 563 g/mol. The Bertz CT molecular complexity index is 1660. The molecule has 1 saturated heterocycles. The molecule has 2 aliphatic rings. The number of para-hydroxylation sites is 1. The Labute approximate surface area is 253 Å². The van der Waals surface area contributed by atoms with E-state index in [1.165, 1.54) is 6.07 Å². The third-order valence-corrected chi connectivity index (χ3v) is 9.46. The lowest BCUT2D eigenvalue weighted by Crippen LogP contribution is -2.47. The number of benzene rings is 4. The molecule has 1 atom stereocenters. The number of amides is 2. The number of hydrogen-bond donors (Lipinski definition) is 1. The van der Waals surface area contributed by atoms with Gasteiger partial charge in [-0.2, -0.15) is 0 Å². The monoisotopic (exact) mass is 596 g/mol. The summed E-state index contributed by atoms with van der Waals surface area (Å²) in [6, 6.07) is 28.5. The van der Waals surface area contributed by atoms with Gasteiger partial charge in [0.25, 0.3) is 11.8 Å². The van der Waals surface area contributed by atoms with Crippen molar-refractivity contribution in [2.75, 3.05) is 49.1 Å². The van der Waals surface area contributed by atoms with Crippen LogP contribution < -0.4 is 15.1 Å². The highest BCUT2D eigenvalue weighted by atomic mass is 32.2. The largest absolute Gasteiger partial charge is 0.367 e.